The molecule has 180 valence electrons. The van der Waals surface area contributed by atoms with E-state index < -0.39 is 28.7 Å². The van der Waals surface area contributed by atoms with Gasteiger partial charge in [-0.2, -0.15) is 0 Å². The highest BCUT2D eigenvalue weighted by molar-refractivity contribution is 8.00. The van der Waals surface area contributed by atoms with Crippen molar-refractivity contribution in [2.24, 2.45) is 0 Å². The van der Waals surface area contributed by atoms with Crippen LogP contribution in [0.2, 0.25) is 5.02 Å². The number of hydrogen-bond acceptors (Lipinski definition) is 6. The number of nitrogens with zero attached hydrogens (tertiary/aromatic N) is 1. The van der Waals surface area contributed by atoms with Crippen molar-refractivity contribution in [2.45, 2.75) is 23.5 Å². The number of rotatable bonds is 9. The zero-order valence-corrected chi connectivity index (χ0v) is 19.9. The molecule has 9 nitrogen and oxygen atoms in total. The summed E-state index contributed by atoms with van der Waals surface area (Å²) >= 11 is 7.11. The van der Waals surface area contributed by atoms with E-state index in [1.165, 1.54) is 18.0 Å². The molecule has 3 aromatic rings. The Hall–Kier alpha value is -3.89. The molecule has 4 N–H and O–H groups in total. The average molecular weight is 514 g/mol. The molecule has 0 aliphatic rings. The van der Waals surface area contributed by atoms with Gasteiger partial charge >= 0.3 is 11.9 Å². The second kappa shape index (κ2) is 11.5. The Labute approximate surface area is 209 Å². The lowest BCUT2D eigenvalue weighted by atomic mass is 10.0. The summed E-state index contributed by atoms with van der Waals surface area (Å²) in [5, 5.41) is 23.9. The molecule has 11 heteroatoms. The van der Waals surface area contributed by atoms with E-state index in [-0.39, 0.29) is 17.0 Å². The summed E-state index contributed by atoms with van der Waals surface area (Å²) in [4.78, 5) is 52.9. The van der Waals surface area contributed by atoms with Crippen LogP contribution in [0.25, 0.3) is 0 Å². The van der Waals surface area contributed by atoms with Crippen molar-refractivity contribution in [3.05, 3.63) is 82.5 Å². The first-order valence-electron chi connectivity index (χ1n) is 10.3. The van der Waals surface area contributed by atoms with Gasteiger partial charge in [0, 0.05) is 16.8 Å². The van der Waals surface area contributed by atoms with E-state index in [1.807, 2.05) is 6.92 Å². The van der Waals surface area contributed by atoms with Crippen LogP contribution in [0, 0.1) is 0 Å². The van der Waals surface area contributed by atoms with E-state index >= 15 is 0 Å². The Morgan fingerprint density at radius 1 is 0.971 bits per heavy atom. The van der Waals surface area contributed by atoms with Crippen LogP contribution in [0.15, 0.2) is 65.7 Å². The lowest BCUT2D eigenvalue weighted by Gasteiger charge is -2.15. The third kappa shape index (κ3) is 6.81. The molecule has 0 saturated heterocycles. The second-order valence-corrected chi connectivity index (χ2v) is 8.93. The fourth-order valence-corrected chi connectivity index (χ4v) is 4.17. The predicted octanol–water partition coefficient (Wildman–Crippen LogP) is 4.89. The van der Waals surface area contributed by atoms with Crippen molar-refractivity contribution < 1.29 is 29.4 Å². The average Bonchev–Trinajstić information content (AvgIpc) is 2.83. The van der Waals surface area contributed by atoms with Gasteiger partial charge in [0.25, 0.3) is 5.91 Å². The van der Waals surface area contributed by atoms with E-state index in [0.717, 1.165) is 18.2 Å². The highest BCUT2D eigenvalue weighted by Crippen LogP contribution is 2.29. The molecule has 1 atom stereocenters. The first-order valence-corrected chi connectivity index (χ1v) is 11.5. The van der Waals surface area contributed by atoms with E-state index in [2.05, 4.69) is 15.6 Å². The minimum absolute atomic E-state index is 0.179. The van der Waals surface area contributed by atoms with E-state index in [0.29, 0.717) is 27.8 Å². The lowest BCUT2D eigenvalue weighted by molar-refractivity contribution is -0.115. The molecular weight excluding hydrogens is 494 g/mol. The molecule has 0 fully saturated rings. The first-order chi connectivity index (χ1) is 16.7. The summed E-state index contributed by atoms with van der Waals surface area (Å²) in [6.45, 7) is 1.87. The Kier molecular flexibility index (Phi) is 8.45. The normalized spacial score (nSPS) is 11.4. The maximum atomic E-state index is 12.7. The monoisotopic (exact) mass is 513 g/mol. The number of benzene rings is 2. The molecule has 2 aromatic carbocycles. The number of carbonyl (C=O) groups is 4. The first kappa shape index (κ1) is 25.7. The second-order valence-electron chi connectivity index (χ2n) is 7.22. The third-order valence-corrected chi connectivity index (χ3v) is 6.34. The van der Waals surface area contributed by atoms with Crippen LogP contribution in [0.3, 0.4) is 0 Å². The Morgan fingerprint density at radius 3 is 2.37 bits per heavy atom. The number of halogens is 1. The number of hydrogen-bond donors (Lipinski definition) is 4. The summed E-state index contributed by atoms with van der Waals surface area (Å²) in [5.74, 6) is -3.30. The maximum absolute atomic E-state index is 12.7. The van der Waals surface area contributed by atoms with Crippen LogP contribution in [0.1, 0.15) is 44.4 Å². The molecule has 0 saturated carbocycles. The quantitative estimate of drug-likeness (QED) is 0.296. The molecule has 2 amide bonds. The Bertz CT molecular complexity index is 1280. The summed E-state index contributed by atoms with van der Waals surface area (Å²) in [7, 11) is 0. The number of nitrogens with one attached hydrogen (secondary N) is 2. The number of pyridine rings is 1. The topological polar surface area (TPSA) is 146 Å². The predicted molar refractivity (Wildman–Crippen MR) is 133 cm³/mol. The van der Waals surface area contributed by atoms with Crippen molar-refractivity contribution in [3.8, 4) is 0 Å². The summed E-state index contributed by atoms with van der Waals surface area (Å²) in [6, 6.07) is 13.2. The highest BCUT2D eigenvalue weighted by atomic mass is 35.5. The standard InChI is InChI=1S/C24H20ClN3O6S/c1-2-19(22(30)28-20-9-7-14(25)12-26-20)35-16-5-3-4-15(11-16)27-21(29)17-8-6-13(23(31)32)10-18(17)24(33)34/h3-12,19H,2H2,1H3,(H,27,29)(H,31,32)(H,33,34)(H,26,28,30). The van der Waals surface area contributed by atoms with E-state index in [9.17, 15) is 24.3 Å². The molecule has 0 aliphatic carbocycles. The molecule has 0 radical (unpaired) electrons. The molecule has 3 rings (SSSR count). The molecule has 1 heterocycles. The maximum Gasteiger partial charge on any atom is 0.336 e. The number of carboxylic acids is 2. The van der Waals surface area contributed by atoms with Gasteiger partial charge in [-0.25, -0.2) is 14.6 Å². The van der Waals surface area contributed by atoms with Gasteiger partial charge in [-0.1, -0.05) is 24.6 Å². The number of aromatic nitrogens is 1. The number of aromatic carboxylic acids is 2. The largest absolute Gasteiger partial charge is 0.478 e. The van der Waals surface area contributed by atoms with E-state index in [1.54, 1.807) is 36.4 Å². The fraction of sp³-hybridized carbons (Fsp3) is 0.125. The number of amides is 2. The minimum Gasteiger partial charge on any atom is -0.478 e. The molecule has 0 aliphatic heterocycles. The van der Waals surface area contributed by atoms with Gasteiger partial charge in [0.05, 0.1) is 27.0 Å². The zero-order valence-electron chi connectivity index (χ0n) is 18.3. The van der Waals surface area contributed by atoms with Crippen LogP contribution in [-0.2, 0) is 4.79 Å². The van der Waals surface area contributed by atoms with Crippen molar-refractivity contribution in [1.29, 1.82) is 0 Å². The minimum atomic E-state index is -1.42. The van der Waals surface area contributed by atoms with Crippen LogP contribution in [0.5, 0.6) is 0 Å². The molecule has 0 bridgehead atoms. The summed E-state index contributed by atoms with van der Waals surface area (Å²) in [5.41, 5.74) is -0.461. The van der Waals surface area contributed by atoms with E-state index in [4.69, 9.17) is 16.7 Å². The van der Waals surface area contributed by atoms with Crippen LogP contribution < -0.4 is 10.6 Å². The van der Waals surface area contributed by atoms with Crippen molar-refractivity contribution in [3.63, 3.8) is 0 Å². The van der Waals surface area contributed by atoms with Crippen molar-refractivity contribution >= 4 is 58.6 Å². The fourth-order valence-electron chi connectivity index (χ4n) is 3.04. The summed E-state index contributed by atoms with van der Waals surface area (Å²) in [6.07, 6.45) is 1.96. The Balaban J connectivity index is 1.73. The van der Waals surface area contributed by atoms with Crippen molar-refractivity contribution in [1.82, 2.24) is 4.98 Å². The van der Waals surface area contributed by atoms with Gasteiger partial charge in [-0.3, -0.25) is 9.59 Å². The molecular formula is C24H20ClN3O6S. The van der Waals surface area contributed by atoms with Gasteiger partial charge in [-0.05, 0) is 55.0 Å². The van der Waals surface area contributed by atoms with Crippen LogP contribution in [0.4, 0.5) is 11.5 Å². The van der Waals surface area contributed by atoms with Gasteiger partial charge in [-0.15, -0.1) is 11.8 Å². The molecule has 0 spiro atoms. The third-order valence-electron chi connectivity index (χ3n) is 4.75. The molecule has 35 heavy (non-hydrogen) atoms. The number of carboxylic acid groups (broad SMARTS) is 2. The number of thioether (sulfide) groups is 1. The SMILES string of the molecule is CCC(Sc1cccc(NC(=O)c2ccc(C(=O)O)cc2C(=O)O)c1)C(=O)Nc1ccc(Cl)cn1. The van der Waals surface area contributed by atoms with Crippen LogP contribution in [-0.4, -0.2) is 44.2 Å². The van der Waals surface area contributed by atoms with Gasteiger partial charge in [0.1, 0.15) is 5.82 Å². The highest BCUT2D eigenvalue weighted by Gasteiger charge is 2.21. The van der Waals surface area contributed by atoms with Crippen molar-refractivity contribution in [2.75, 3.05) is 10.6 Å². The lowest BCUT2D eigenvalue weighted by Crippen LogP contribution is -2.25. The van der Waals surface area contributed by atoms with Gasteiger partial charge in [0.2, 0.25) is 5.91 Å². The summed E-state index contributed by atoms with van der Waals surface area (Å²) < 4.78 is 0. The smallest absolute Gasteiger partial charge is 0.336 e. The zero-order chi connectivity index (χ0) is 25.5. The molecule has 1 unspecified atom stereocenters. The number of anilines is 2. The van der Waals surface area contributed by atoms with Crippen LogP contribution >= 0.6 is 23.4 Å². The Morgan fingerprint density at radius 2 is 1.74 bits per heavy atom. The molecule has 1 aromatic heterocycles. The van der Waals surface area contributed by atoms with Gasteiger partial charge in [0.15, 0.2) is 0 Å². The van der Waals surface area contributed by atoms with Gasteiger partial charge < -0.3 is 20.8 Å². The number of carbonyl (C=O) groups excluding carboxylic acids is 2.